The fourth-order valence-corrected chi connectivity index (χ4v) is 4.55. The molecular formula is C23H27F3N8O2. The van der Waals surface area contributed by atoms with E-state index in [1.165, 1.54) is 11.8 Å². The van der Waals surface area contributed by atoms with E-state index in [1.54, 1.807) is 30.0 Å². The molecule has 0 spiro atoms. The van der Waals surface area contributed by atoms with E-state index in [2.05, 4.69) is 25.7 Å². The van der Waals surface area contributed by atoms with Gasteiger partial charge >= 0.3 is 0 Å². The number of benzene rings is 1. The largest absolute Gasteiger partial charge is 0.479 e. The quantitative estimate of drug-likeness (QED) is 0.372. The molecule has 1 N–H and O–H groups in total. The summed E-state index contributed by atoms with van der Waals surface area (Å²) in [4.78, 5) is 6.53. The Balaban J connectivity index is 1.42. The van der Waals surface area contributed by atoms with Gasteiger partial charge in [-0.05, 0) is 30.2 Å². The van der Waals surface area contributed by atoms with Gasteiger partial charge in [0.05, 0.1) is 25.3 Å². The van der Waals surface area contributed by atoms with Gasteiger partial charge in [-0.1, -0.05) is 11.3 Å². The van der Waals surface area contributed by atoms with Crippen molar-refractivity contribution in [2.24, 2.45) is 0 Å². The Kier molecular flexibility index (Phi) is 6.92. The summed E-state index contributed by atoms with van der Waals surface area (Å²) in [5, 5.41) is 15.4. The van der Waals surface area contributed by atoms with Gasteiger partial charge in [0.15, 0.2) is 0 Å². The molecule has 5 rings (SSSR count). The van der Waals surface area contributed by atoms with E-state index < -0.39 is 25.2 Å². The van der Waals surface area contributed by atoms with Crippen LogP contribution in [0.2, 0.25) is 0 Å². The van der Waals surface area contributed by atoms with E-state index >= 15 is 0 Å². The van der Waals surface area contributed by atoms with Gasteiger partial charge in [-0.15, -0.1) is 10.2 Å². The highest BCUT2D eigenvalue weighted by atomic mass is 19.3. The van der Waals surface area contributed by atoms with Gasteiger partial charge in [0.25, 0.3) is 6.43 Å². The van der Waals surface area contributed by atoms with Crippen LogP contribution in [0.4, 0.5) is 19.1 Å². The molecule has 0 aliphatic carbocycles. The predicted molar refractivity (Wildman–Crippen MR) is 127 cm³/mol. The highest BCUT2D eigenvalue weighted by molar-refractivity contribution is 5.89. The first-order valence-corrected chi connectivity index (χ1v) is 11.6. The number of ether oxygens (including phenoxy) is 2. The van der Waals surface area contributed by atoms with Crippen molar-refractivity contribution >= 4 is 22.5 Å². The van der Waals surface area contributed by atoms with Crippen molar-refractivity contribution in [2.75, 3.05) is 45.8 Å². The fraction of sp³-hybridized carbons (Fsp3) is 0.478. The topological polar surface area (TPSA) is 94.6 Å². The SMILES string of the molecule is COCCN1CC[C@H](Nc2nc(OC)c3c(-c4ccc5nnn(CC(F)F)c5c4)ccn3n2)[C@@H](F)C1. The maximum absolute atomic E-state index is 14.8. The number of rotatable bonds is 9. The number of nitrogens with one attached hydrogen (secondary N) is 1. The molecule has 10 nitrogen and oxygen atoms in total. The first kappa shape index (κ1) is 24.3. The van der Waals surface area contributed by atoms with E-state index in [0.29, 0.717) is 48.5 Å². The third-order valence-electron chi connectivity index (χ3n) is 6.36. The number of hydrogen-bond acceptors (Lipinski definition) is 8. The second-order valence-electron chi connectivity index (χ2n) is 8.68. The average Bonchev–Trinajstić information content (AvgIpc) is 3.47. The van der Waals surface area contributed by atoms with E-state index in [4.69, 9.17) is 9.47 Å². The smallest absolute Gasteiger partial charge is 0.258 e. The summed E-state index contributed by atoms with van der Waals surface area (Å²) in [5.74, 6) is 0.564. The molecule has 0 radical (unpaired) electrons. The van der Waals surface area contributed by atoms with Crippen molar-refractivity contribution in [3.05, 3.63) is 30.5 Å². The number of likely N-dealkylation sites (tertiary alicyclic amines) is 1. The monoisotopic (exact) mass is 504 g/mol. The number of methoxy groups -OCH3 is 2. The van der Waals surface area contributed by atoms with Crippen LogP contribution in [0.3, 0.4) is 0 Å². The molecule has 1 aliphatic rings. The van der Waals surface area contributed by atoms with E-state index in [-0.39, 0.29) is 5.95 Å². The molecule has 2 atom stereocenters. The Morgan fingerprint density at radius 1 is 1.22 bits per heavy atom. The highest BCUT2D eigenvalue weighted by Crippen LogP contribution is 2.33. The number of nitrogens with zero attached hydrogens (tertiary/aromatic N) is 7. The Bertz CT molecular complexity index is 1340. The molecule has 192 valence electrons. The first-order valence-electron chi connectivity index (χ1n) is 11.6. The van der Waals surface area contributed by atoms with Crippen molar-refractivity contribution in [2.45, 2.75) is 31.6 Å². The van der Waals surface area contributed by atoms with Gasteiger partial charge in [-0.25, -0.2) is 22.4 Å². The van der Waals surface area contributed by atoms with Gasteiger partial charge < -0.3 is 14.8 Å². The zero-order valence-corrected chi connectivity index (χ0v) is 19.9. The second kappa shape index (κ2) is 10.3. The minimum Gasteiger partial charge on any atom is -0.479 e. The van der Waals surface area contributed by atoms with Crippen LogP contribution in [-0.4, -0.2) is 93.6 Å². The summed E-state index contributed by atoms with van der Waals surface area (Å²) in [5.41, 5.74) is 3.11. The molecule has 0 amide bonds. The Labute approximate surface area is 205 Å². The molecule has 3 aromatic heterocycles. The van der Waals surface area contributed by atoms with E-state index in [9.17, 15) is 13.2 Å². The molecule has 1 aromatic carbocycles. The van der Waals surface area contributed by atoms with Crippen LogP contribution in [0.1, 0.15) is 6.42 Å². The van der Waals surface area contributed by atoms with Crippen molar-refractivity contribution < 1.29 is 22.6 Å². The lowest BCUT2D eigenvalue weighted by Crippen LogP contribution is -2.48. The number of piperidine rings is 1. The van der Waals surface area contributed by atoms with Crippen LogP contribution in [-0.2, 0) is 11.3 Å². The average molecular weight is 505 g/mol. The van der Waals surface area contributed by atoms with E-state index in [1.807, 2.05) is 17.0 Å². The minimum absolute atomic E-state index is 0.258. The lowest BCUT2D eigenvalue weighted by atomic mass is 10.0. The molecule has 13 heteroatoms. The zero-order chi connectivity index (χ0) is 25.2. The molecule has 4 heterocycles. The van der Waals surface area contributed by atoms with Gasteiger partial charge in [0, 0.05) is 38.5 Å². The van der Waals surface area contributed by atoms with Gasteiger partial charge in [-0.2, -0.15) is 4.98 Å². The Morgan fingerprint density at radius 3 is 2.83 bits per heavy atom. The van der Waals surface area contributed by atoms with Crippen LogP contribution < -0.4 is 10.1 Å². The predicted octanol–water partition coefficient (Wildman–Crippen LogP) is 2.89. The lowest BCUT2D eigenvalue weighted by molar-refractivity contribution is 0.0918. The van der Waals surface area contributed by atoms with Crippen LogP contribution in [0.25, 0.3) is 27.7 Å². The number of alkyl halides is 3. The summed E-state index contributed by atoms with van der Waals surface area (Å²) in [6.45, 7) is 1.77. The van der Waals surface area contributed by atoms with Crippen LogP contribution in [0.5, 0.6) is 5.88 Å². The summed E-state index contributed by atoms with van der Waals surface area (Å²) in [7, 11) is 3.13. The number of hydrogen-bond donors (Lipinski definition) is 1. The third kappa shape index (κ3) is 4.80. The van der Waals surface area contributed by atoms with Crippen molar-refractivity contribution in [3.63, 3.8) is 0 Å². The zero-order valence-electron chi connectivity index (χ0n) is 19.9. The van der Waals surface area contributed by atoms with Crippen LogP contribution in [0, 0.1) is 0 Å². The molecular weight excluding hydrogens is 477 g/mol. The number of halogens is 3. The molecule has 1 fully saturated rings. The van der Waals surface area contributed by atoms with Crippen molar-refractivity contribution in [1.82, 2.24) is 34.5 Å². The van der Waals surface area contributed by atoms with Gasteiger partial charge in [0.1, 0.15) is 23.7 Å². The summed E-state index contributed by atoms with van der Waals surface area (Å²) >= 11 is 0. The van der Waals surface area contributed by atoms with Crippen LogP contribution in [0.15, 0.2) is 30.5 Å². The number of fused-ring (bicyclic) bond motifs is 2. The maximum Gasteiger partial charge on any atom is 0.258 e. The molecule has 4 aromatic rings. The Hall–Kier alpha value is -3.45. The molecule has 0 unspecified atom stereocenters. The normalized spacial score (nSPS) is 18.9. The molecule has 36 heavy (non-hydrogen) atoms. The number of anilines is 1. The van der Waals surface area contributed by atoms with Crippen molar-refractivity contribution in [1.29, 1.82) is 0 Å². The Morgan fingerprint density at radius 2 is 2.08 bits per heavy atom. The number of aromatic nitrogens is 6. The summed E-state index contributed by atoms with van der Waals surface area (Å²) < 4.78 is 54.2. The molecule has 0 saturated carbocycles. The lowest BCUT2D eigenvalue weighted by Gasteiger charge is -2.34. The maximum atomic E-state index is 14.8. The molecule has 0 bridgehead atoms. The van der Waals surface area contributed by atoms with Gasteiger partial charge in [0.2, 0.25) is 11.8 Å². The van der Waals surface area contributed by atoms with E-state index in [0.717, 1.165) is 17.7 Å². The van der Waals surface area contributed by atoms with Gasteiger partial charge in [-0.3, -0.25) is 4.90 Å². The minimum atomic E-state index is -2.55. The summed E-state index contributed by atoms with van der Waals surface area (Å²) in [6, 6.07) is 6.72. The molecule has 1 saturated heterocycles. The first-order chi connectivity index (χ1) is 17.5. The second-order valence-corrected chi connectivity index (χ2v) is 8.68. The van der Waals surface area contributed by atoms with Crippen LogP contribution >= 0.6 is 0 Å². The molecule has 1 aliphatic heterocycles. The van der Waals surface area contributed by atoms with Crippen molar-refractivity contribution in [3.8, 4) is 17.0 Å². The summed E-state index contributed by atoms with van der Waals surface area (Å²) in [6.07, 6.45) is -1.28. The fourth-order valence-electron chi connectivity index (χ4n) is 4.55. The third-order valence-corrected chi connectivity index (χ3v) is 6.36. The standard InChI is InChI=1S/C23H27F3N8O2/c1-35-10-9-32-7-6-17(16(24)12-32)27-23-28-22(36-2)21-15(5-8-33(21)30-23)14-3-4-18-19(11-14)34(31-29-18)13-20(25)26/h3-5,8,11,16-17,20H,6-7,9-10,12-13H2,1-2H3,(H,27,30)/t16-,17-/m0/s1. The highest BCUT2D eigenvalue weighted by Gasteiger charge is 2.30.